The number of nitrogens with zero attached hydrogens (tertiary/aromatic N) is 3. The van der Waals surface area contributed by atoms with E-state index in [2.05, 4.69) is 15.6 Å². The molecule has 11 heteroatoms. The van der Waals surface area contributed by atoms with E-state index in [-0.39, 0.29) is 53.8 Å². The number of ether oxygens (including phenoxy) is 1. The maximum absolute atomic E-state index is 14.0. The molecule has 3 aliphatic heterocycles. The van der Waals surface area contributed by atoms with Gasteiger partial charge in [-0.2, -0.15) is 10.2 Å². The van der Waals surface area contributed by atoms with Crippen molar-refractivity contribution in [2.75, 3.05) is 5.32 Å². The highest BCUT2D eigenvalue weighted by Gasteiger charge is 2.61. The number of oxazole rings is 2. The highest BCUT2D eigenvalue weighted by Crippen LogP contribution is 2.59. The highest BCUT2D eigenvalue weighted by molar-refractivity contribution is 5.89. The number of aromatic nitrogens is 2. The minimum atomic E-state index is -1.17. The number of Topliss-reactive ketones (excluding diaryl/α,β-unsaturated/α-hetero) is 1. The van der Waals surface area contributed by atoms with Crippen LogP contribution in [-0.2, 0) is 21.4 Å². The number of benzene rings is 2. The van der Waals surface area contributed by atoms with Gasteiger partial charge in [0.15, 0.2) is 29.2 Å². The van der Waals surface area contributed by atoms with Crippen molar-refractivity contribution in [3.8, 4) is 23.4 Å². The quantitative estimate of drug-likeness (QED) is 0.281. The topological polar surface area (TPSA) is 164 Å². The summed E-state index contributed by atoms with van der Waals surface area (Å²) in [5.41, 5.74) is 2.73. The van der Waals surface area contributed by atoms with Crippen LogP contribution in [0, 0.1) is 29.1 Å². The summed E-state index contributed by atoms with van der Waals surface area (Å²) < 4.78 is 19.1. The van der Waals surface area contributed by atoms with Crippen LogP contribution in [0.25, 0.3) is 11.6 Å². The molecule has 0 fully saturated rings. The molecule has 0 aliphatic carbocycles. The number of nitriles is 1. The predicted molar refractivity (Wildman–Crippen MR) is 161 cm³/mol. The Bertz CT molecular complexity index is 1870. The van der Waals surface area contributed by atoms with Crippen molar-refractivity contribution in [1.82, 2.24) is 15.3 Å². The Balaban J connectivity index is 1.48. The molecule has 0 saturated carbocycles. The molecular formula is C34H33N5O6. The number of hydrogen-bond donors (Lipinski definition) is 3. The first kappa shape index (κ1) is 28.8. The van der Waals surface area contributed by atoms with E-state index in [0.717, 1.165) is 22.4 Å². The van der Waals surface area contributed by atoms with Crippen molar-refractivity contribution in [2.45, 2.75) is 64.3 Å². The number of fused-ring (bicyclic) bond motifs is 4. The molecule has 2 aromatic carbocycles. The zero-order valence-corrected chi connectivity index (χ0v) is 25.3. The van der Waals surface area contributed by atoms with E-state index in [4.69, 9.17) is 18.6 Å². The number of carbonyl (C=O) groups excluding carboxylic acids is 2. The van der Waals surface area contributed by atoms with Gasteiger partial charge in [-0.15, -0.1) is 0 Å². The molecule has 3 N–H and O–H groups in total. The van der Waals surface area contributed by atoms with Gasteiger partial charge in [-0.3, -0.25) is 9.59 Å². The van der Waals surface area contributed by atoms with E-state index < -0.39 is 29.7 Å². The molecular weight excluding hydrogens is 574 g/mol. The van der Waals surface area contributed by atoms with Crippen LogP contribution in [0.3, 0.4) is 0 Å². The zero-order valence-electron chi connectivity index (χ0n) is 25.3. The molecule has 230 valence electrons. The number of amides is 1. The molecule has 1 amide bonds. The third-order valence-electron chi connectivity index (χ3n) is 9.06. The molecule has 1 spiro atoms. The van der Waals surface area contributed by atoms with Crippen LogP contribution in [0.15, 0.2) is 57.6 Å². The summed E-state index contributed by atoms with van der Waals surface area (Å²) >= 11 is 0. The number of carbonyl (C=O) groups is 2. The molecule has 0 saturated heterocycles. The number of rotatable bonds is 6. The summed E-state index contributed by atoms with van der Waals surface area (Å²) in [6.45, 7) is 7.42. The Hall–Kier alpha value is -4.95. The molecule has 11 nitrogen and oxygen atoms in total. The lowest BCUT2D eigenvalue weighted by molar-refractivity contribution is -0.135. The summed E-state index contributed by atoms with van der Waals surface area (Å²) in [5, 5.41) is 26.7. The first-order valence-corrected chi connectivity index (χ1v) is 15.2. The Morgan fingerprint density at radius 1 is 1.13 bits per heavy atom. The SMILES string of the molecule is CC(C)[C@H](O)C(=O)CC1Cc2ccc3c(c2)[C@@]2(c4ccccc4NC2O3)c2oc(nc2-c2nc(C#N)co2)[C@H](C(C)C)NC1=O. The molecule has 45 heavy (non-hydrogen) atoms. The van der Waals surface area contributed by atoms with Crippen LogP contribution in [0.2, 0.25) is 0 Å². The molecule has 5 atom stereocenters. The van der Waals surface area contributed by atoms with E-state index in [9.17, 15) is 20.0 Å². The number of hydrogen-bond acceptors (Lipinski definition) is 10. The van der Waals surface area contributed by atoms with E-state index in [1.54, 1.807) is 13.8 Å². The summed E-state index contributed by atoms with van der Waals surface area (Å²) in [5.74, 6) is -0.552. The van der Waals surface area contributed by atoms with Gasteiger partial charge >= 0.3 is 0 Å². The summed E-state index contributed by atoms with van der Waals surface area (Å²) in [6, 6.07) is 15.0. The van der Waals surface area contributed by atoms with Gasteiger partial charge in [0.25, 0.3) is 0 Å². The lowest BCUT2D eigenvalue weighted by atomic mass is 9.72. The molecule has 7 rings (SSSR count). The maximum Gasteiger partial charge on any atom is 0.250 e. The Kier molecular flexibility index (Phi) is 6.78. The Labute approximate surface area is 259 Å². The van der Waals surface area contributed by atoms with Crippen molar-refractivity contribution in [1.29, 1.82) is 5.26 Å². The number of aliphatic hydroxyl groups is 1. The third kappa shape index (κ3) is 4.43. The van der Waals surface area contributed by atoms with Crippen LogP contribution in [0.5, 0.6) is 5.75 Å². The van der Waals surface area contributed by atoms with Gasteiger partial charge in [0.1, 0.15) is 35.6 Å². The lowest BCUT2D eigenvalue weighted by Crippen LogP contribution is -2.41. The number of aliphatic hydroxyl groups excluding tert-OH is 1. The second-order valence-corrected chi connectivity index (χ2v) is 12.7. The van der Waals surface area contributed by atoms with Crippen molar-refractivity contribution >= 4 is 17.4 Å². The molecule has 0 radical (unpaired) electrons. The smallest absolute Gasteiger partial charge is 0.250 e. The molecule has 2 aromatic heterocycles. The van der Waals surface area contributed by atoms with Crippen molar-refractivity contribution in [3.05, 3.63) is 82.8 Å². The second-order valence-electron chi connectivity index (χ2n) is 12.7. The normalized spacial score (nSPS) is 23.6. The van der Waals surface area contributed by atoms with Crippen LogP contribution < -0.4 is 15.4 Å². The zero-order chi connectivity index (χ0) is 31.6. The van der Waals surface area contributed by atoms with Crippen molar-refractivity contribution < 1.29 is 28.3 Å². The van der Waals surface area contributed by atoms with Crippen molar-refractivity contribution in [3.63, 3.8) is 0 Å². The van der Waals surface area contributed by atoms with Gasteiger partial charge in [0.2, 0.25) is 17.7 Å². The number of anilines is 1. The molecule has 2 unspecified atom stereocenters. The molecule has 4 aromatic rings. The van der Waals surface area contributed by atoms with E-state index in [1.807, 2.05) is 62.4 Å². The standard InChI is InChI=1S/C34H33N5O6/c1-16(2)26-32-39-27(31-36-20(14-35)15-43-31)29(45-32)34-21-7-5-6-8-23(21)37-33(34)44-25-10-9-18(12-22(25)34)11-19(30(42)38-26)13-24(40)28(41)17(3)4/h5-10,12,15-17,19,26,28,33,37,41H,11,13H2,1-4H3,(H,38,42)/t19?,26-,28-,33?,34-/m0/s1. The Morgan fingerprint density at radius 2 is 1.93 bits per heavy atom. The molecule has 4 bridgehead atoms. The van der Waals surface area contributed by atoms with E-state index >= 15 is 0 Å². The second kappa shape index (κ2) is 10.6. The van der Waals surface area contributed by atoms with Crippen LogP contribution in [-0.4, -0.2) is 39.1 Å². The highest BCUT2D eigenvalue weighted by atomic mass is 16.5. The third-order valence-corrected chi connectivity index (χ3v) is 9.06. The van der Waals surface area contributed by atoms with Crippen molar-refractivity contribution in [2.24, 2.45) is 17.8 Å². The average Bonchev–Trinajstić information content (AvgIpc) is 3.79. The van der Waals surface area contributed by atoms with Crippen LogP contribution in [0.1, 0.15) is 74.2 Å². The monoisotopic (exact) mass is 607 g/mol. The fraction of sp³-hybridized carbons (Fsp3) is 0.382. The average molecular weight is 608 g/mol. The van der Waals surface area contributed by atoms with Gasteiger partial charge in [-0.05, 0) is 41.5 Å². The fourth-order valence-electron chi connectivity index (χ4n) is 6.73. The number of ketones is 1. The fourth-order valence-corrected chi connectivity index (χ4v) is 6.73. The van der Waals surface area contributed by atoms with Gasteiger partial charge in [-0.25, -0.2) is 4.98 Å². The molecule has 5 heterocycles. The predicted octanol–water partition coefficient (Wildman–Crippen LogP) is 4.64. The first-order valence-electron chi connectivity index (χ1n) is 15.2. The summed E-state index contributed by atoms with van der Waals surface area (Å²) in [6.07, 6.45) is -0.380. The first-order chi connectivity index (χ1) is 21.6. The largest absolute Gasteiger partial charge is 0.469 e. The summed E-state index contributed by atoms with van der Waals surface area (Å²) in [7, 11) is 0. The van der Waals surface area contributed by atoms with Gasteiger partial charge in [-0.1, -0.05) is 58.0 Å². The lowest BCUT2D eigenvalue weighted by Gasteiger charge is -2.28. The number of para-hydroxylation sites is 1. The minimum absolute atomic E-state index is 0.0904. The van der Waals surface area contributed by atoms with Gasteiger partial charge < -0.3 is 29.3 Å². The number of nitrogens with one attached hydrogen (secondary N) is 2. The molecule has 3 aliphatic rings. The van der Waals surface area contributed by atoms with E-state index in [0.29, 0.717) is 17.2 Å². The minimum Gasteiger partial charge on any atom is -0.469 e. The maximum atomic E-state index is 14.0. The Morgan fingerprint density at radius 3 is 2.67 bits per heavy atom. The van der Waals surface area contributed by atoms with Crippen LogP contribution >= 0.6 is 0 Å². The van der Waals surface area contributed by atoms with E-state index in [1.165, 1.54) is 6.26 Å². The summed E-state index contributed by atoms with van der Waals surface area (Å²) in [4.78, 5) is 36.3. The van der Waals surface area contributed by atoms with Crippen LogP contribution in [0.4, 0.5) is 5.69 Å². The van der Waals surface area contributed by atoms with Gasteiger partial charge in [0, 0.05) is 23.6 Å². The van der Waals surface area contributed by atoms with Gasteiger partial charge in [0.05, 0.1) is 0 Å².